The number of rotatable bonds is 7. The normalized spacial score (nSPS) is 12.6. The second-order valence-corrected chi connectivity index (χ2v) is 6.03. The van der Waals surface area contributed by atoms with E-state index in [1.807, 2.05) is 0 Å². The summed E-state index contributed by atoms with van der Waals surface area (Å²) in [5.74, 6) is 0.221. The van der Waals surface area contributed by atoms with Gasteiger partial charge in [0.15, 0.2) is 30.5 Å². The average molecular weight is 397 g/mol. The van der Waals surface area contributed by atoms with Crippen LogP contribution in [0.15, 0.2) is 42.5 Å². The molecule has 1 aliphatic rings. The van der Waals surface area contributed by atoms with Gasteiger partial charge in [-0.1, -0.05) is 6.07 Å². The topological polar surface area (TPSA) is 100 Å². The van der Waals surface area contributed by atoms with Gasteiger partial charge in [-0.25, -0.2) is 4.79 Å². The number of methoxy groups -OCH3 is 2. The second kappa shape index (κ2) is 8.92. The highest BCUT2D eigenvalue weighted by Gasteiger charge is 2.18. The molecule has 0 spiro atoms. The summed E-state index contributed by atoms with van der Waals surface area (Å²) in [7, 11) is 3.05. The fourth-order valence-electron chi connectivity index (χ4n) is 2.65. The molecule has 0 saturated heterocycles. The zero-order valence-corrected chi connectivity index (χ0v) is 15.9. The molecule has 0 atom stereocenters. The van der Waals surface area contributed by atoms with E-state index in [4.69, 9.17) is 18.9 Å². The van der Waals surface area contributed by atoms with E-state index < -0.39 is 18.4 Å². The molecule has 0 radical (unpaired) electrons. The van der Waals surface area contributed by atoms with Crippen LogP contribution < -0.4 is 19.5 Å². The summed E-state index contributed by atoms with van der Waals surface area (Å²) in [6.45, 7) is -0.493. The maximum atomic E-state index is 12.3. The van der Waals surface area contributed by atoms with Crippen molar-refractivity contribution < 1.29 is 33.3 Å². The highest BCUT2D eigenvalue weighted by molar-refractivity contribution is 6.02. The van der Waals surface area contributed by atoms with E-state index in [1.165, 1.54) is 26.4 Å². The molecule has 150 valence electrons. The van der Waals surface area contributed by atoms with Crippen molar-refractivity contribution in [2.45, 2.75) is 0 Å². The van der Waals surface area contributed by atoms with Crippen LogP contribution in [0.2, 0.25) is 0 Å². The first-order valence-electron chi connectivity index (χ1n) is 8.67. The lowest BCUT2D eigenvalue weighted by atomic mass is 10.1. The number of ketones is 1. The van der Waals surface area contributed by atoms with Gasteiger partial charge in [0.25, 0.3) is 5.91 Å². The fraction of sp³-hybridized carbons (Fsp3) is 0.190. The van der Waals surface area contributed by atoms with Gasteiger partial charge in [-0.15, -0.1) is 0 Å². The SMILES string of the molecule is COc1ccc(/C=C/C(=O)OCC(=O)c2ccc3c(c2)NC(=O)CO3)cc1OC. The van der Waals surface area contributed by atoms with Crippen molar-refractivity contribution in [3.05, 3.63) is 53.6 Å². The molecule has 0 fully saturated rings. The Morgan fingerprint density at radius 2 is 1.90 bits per heavy atom. The maximum Gasteiger partial charge on any atom is 0.331 e. The summed E-state index contributed by atoms with van der Waals surface area (Å²) < 4.78 is 20.6. The van der Waals surface area contributed by atoms with Gasteiger partial charge in [0, 0.05) is 11.6 Å². The monoisotopic (exact) mass is 397 g/mol. The molecule has 0 bridgehead atoms. The van der Waals surface area contributed by atoms with E-state index in [-0.39, 0.29) is 12.5 Å². The van der Waals surface area contributed by atoms with Crippen LogP contribution in [0.3, 0.4) is 0 Å². The summed E-state index contributed by atoms with van der Waals surface area (Å²) in [6, 6.07) is 9.79. The van der Waals surface area contributed by atoms with Crippen LogP contribution in [0, 0.1) is 0 Å². The molecule has 1 heterocycles. The largest absolute Gasteiger partial charge is 0.493 e. The molecule has 0 unspecified atom stereocenters. The molecule has 3 rings (SSSR count). The van der Waals surface area contributed by atoms with Crippen LogP contribution >= 0.6 is 0 Å². The molecule has 8 heteroatoms. The fourth-order valence-corrected chi connectivity index (χ4v) is 2.65. The standard InChI is InChI=1S/C21H19NO7/c1-26-18-6-3-13(9-19(18)27-2)4-8-21(25)29-11-16(23)14-5-7-17-15(10-14)22-20(24)12-28-17/h3-10H,11-12H2,1-2H3,(H,22,24)/b8-4+. The number of anilines is 1. The first-order valence-corrected chi connectivity index (χ1v) is 8.67. The van der Waals surface area contributed by atoms with Crippen LogP contribution in [0.1, 0.15) is 15.9 Å². The van der Waals surface area contributed by atoms with Gasteiger partial charge < -0.3 is 24.3 Å². The zero-order chi connectivity index (χ0) is 20.8. The minimum Gasteiger partial charge on any atom is -0.493 e. The number of benzene rings is 2. The second-order valence-electron chi connectivity index (χ2n) is 6.03. The molecule has 29 heavy (non-hydrogen) atoms. The van der Waals surface area contributed by atoms with Gasteiger partial charge in [0.1, 0.15) is 5.75 Å². The van der Waals surface area contributed by atoms with E-state index in [1.54, 1.807) is 36.4 Å². The predicted molar refractivity (Wildman–Crippen MR) is 104 cm³/mol. The summed E-state index contributed by atoms with van der Waals surface area (Å²) in [5.41, 5.74) is 1.41. The van der Waals surface area contributed by atoms with Gasteiger partial charge >= 0.3 is 5.97 Å². The van der Waals surface area contributed by atoms with E-state index in [0.717, 1.165) is 0 Å². The molecule has 1 N–H and O–H groups in total. The third kappa shape index (κ3) is 4.92. The van der Waals surface area contributed by atoms with Crippen LogP contribution in [-0.4, -0.2) is 45.1 Å². The van der Waals surface area contributed by atoms with Gasteiger partial charge in [-0.05, 0) is 42.0 Å². The molecule has 2 aromatic rings. The Kier molecular flexibility index (Phi) is 6.13. The molecular formula is C21H19NO7. The van der Waals surface area contributed by atoms with Crippen LogP contribution in [-0.2, 0) is 14.3 Å². The maximum absolute atomic E-state index is 12.3. The van der Waals surface area contributed by atoms with Crippen LogP contribution in [0.4, 0.5) is 5.69 Å². The van der Waals surface area contributed by atoms with Crippen molar-refractivity contribution in [3.8, 4) is 17.2 Å². The number of carbonyl (C=O) groups excluding carboxylic acids is 3. The number of carbonyl (C=O) groups is 3. The van der Waals surface area contributed by atoms with Crippen molar-refractivity contribution in [1.29, 1.82) is 0 Å². The van der Waals surface area contributed by atoms with E-state index in [0.29, 0.717) is 34.1 Å². The number of fused-ring (bicyclic) bond motifs is 1. The van der Waals surface area contributed by atoms with E-state index >= 15 is 0 Å². The van der Waals surface area contributed by atoms with Gasteiger partial charge in [0.2, 0.25) is 0 Å². The third-order valence-corrected chi connectivity index (χ3v) is 4.10. The number of hydrogen-bond acceptors (Lipinski definition) is 7. The highest BCUT2D eigenvalue weighted by atomic mass is 16.5. The average Bonchev–Trinajstić information content (AvgIpc) is 2.75. The lowest BCUT2D eigenvalue weighted by Crippen LogP contribution is -2.25. The Balaban J connectivity index is 1.58. The Hall–Kier alpha value is -3.81. The van der Waals surface area contributed by atoms with Gasteiger partial charge in [0.05, 0.1) is 19.9 Å². The molecular weight excluding hydrogens is 378 g/mol. The minimum absolute atomic E-state index is 0.0652. The summed E-state index contributed by atoms with van der Waals surface area (Å²) in [6.07, 6.45) is 2.76. The first kappa shape index (κ1) is 19.9. The molecule has 8 nitrogen and oxygen atoms in total. The zero-order valence-electron chi connectivity index (χ0n) is 15.9. The Morgan fingerprint density at radius 3 is 2.66 bits per heavy atom. The van der Waals surface area contributed by atoms with Crippen LogP contribution in [0.25, 0.3) is 6.08 Å². The van der Waals surface area contributed by atoms with E-state index in [9.17, 15) is 14.4 Å². The molecule has 0 saturated carbocycles. The minimum atomic E-state index is -0.664. The number of ether oxygens (including phenoxy) is 4. The van der Waals surface area contributed by atoms with Crippen molar-refractivity contribution in [2.24, 2.45) is 0 Å². The number of amides is 1. The lowest BCUT2D eigenvalue weighted by molar-refractivity contribution is -0.136. The highest BCUT2D eigenvalue weighted by Crippen LogP contribution is 2.29. The summed E-state index contributed by atoms with van der Waals surface area (Å²) in [4.78, 5) is 35.5. The Bertz CT molecular complexity index is 981. The van der Waals surface area contributed by atoms with Gasteiger partial charge in [-0.3, -0.25) is 9.59 Å². The van der Waals surface area contributed by atoms with Crippen molar-refractivity contribution in [3.63, 3.8) is 0 Å². The van der Waals surface area contributed by atoms with Crippen molar-refractivity contribution in [2.75, 3.05) is 32.8 Å². The Labute approximate surface area is 167 Å². The molecule has 1 amide bonds. The number of nitrogens with one attached hydrogen (secondary N) is 1. The third-order valence-electron chi connectivity index (χ3n) is 4.10. The van der Waals surface area contributed by atoms with Crippen LogP contribution in [0.5, 0.6) is 17.2 Å². The molecule has 0 aromatic heterocycles. The summed E-state index contributed by atoms with van der Waals surface area (Å²) in [5, 5.41) is 2.62. The first-order chi connectivity index (χ1) is 14.0. The summed E-state index contributed by atoms with van der Waals surface area (Å²) >= 11 is 0. The molecule has 2 aromatic carbocycles. The quantitative estimate of drug-likeness (QED) is 0.435. The lowest BCUT2D eigenvalue weighted by Gasteiger charge is -2.18. The number of hydrogen-bond donors (Lipinski definition) is 1. The molecule has 1 aliphatic heterocycles. The Morgan fingerprint density at radius 1 is 1.10 bits per heavy atom. The number of Topliss-reactive ketones (excluding diaryl/α,β-unsaturated/α-hetero) is 1. The van der Waals surface area contributed by atoms with Gasteiger partial charge in [-0.2, -0.15) is 0 Å². The smallest absolute Gasteiger partial charge is 0.331 e. The molecule has 0 aliphatic carbocycles. The van der Waals surface area contributed by atoms with Crippen molar-refractivity contribution >= 4 is 29.4 Å². The predicted octanol–water partition coefficient (Wildman–Crippen LogP) is 2.47. The van der Waals surface area contributed by atoms with E-state index in [2.05, 4.69) is 5.32 Å². The number of esters is 1. The van der Waals surface area contributed by atoms with Crippen molar-refractivity contribution in [1.82, 2.24) is 0 Å².